The Morgan fingerprint density at radius 1 is 1.12 bits per heavy atom. The minimum absolute atomic E-state index is 0.751. The van der Waals surface area contributed by atoms with Gasteiger partial charge in [0.1, 0.15) is 8.24 Å². The summed E-state index contributed by atoms with van der Waals surface area (Å²) in [5, 5.41) is 7.33. The fraction of sp³-hybridized carbons (Fsp3) is 0.579. The molecular weight excluding hydrogens is 330 g/mol. The summed E-state index contributed by atoms with van der Waals surface area (Å²) >= 11 is 2.16. The summed E-state index contributed by atoms with van der Waals surface area (Å²) < 4.78 is 0. The molecule has 1 aliphatic heterocycles. The highest BCUT2D eigenvalue weighted by atomic mass is 32.2. The molecule has 3 nitrogen and oxygen atoms in total. The predicted octanol–water partition coefficient (Wildman–Crippen LogP) is 3.83. The number of rotatable bonds is 7. The van der Waals surface area contributed by atoms with E-state index in [1.807, 2.05) is 7.05 Å². The average molecular weight is 362 g/mol. The molecule has 1 fully saturated rings. The standard InChI is InChI=1S/C19H31N3SSi/c1-14-18(15-8-6-5-7-9-15)16-10-11-17(19(16)23-14)24(3,4)22-13-21-12-20-2/h5-9,16-17,19-22H,10-13H2,1-4H3. The molecule has 1 aliphatic carbocycles. The molecule has 1 aromatic rings. The Labute approximate surface area is 152 Å². The van der Waals surface area contributed by atoms with Gasteiger partial charge < -0.3 is 10.3 Å². The number of allylic oxidation sites excluding steroid dienone is 2. The number of hydrogen-bond acceptors (Lipinski definition) is 4. The van der Waals surface area contributed by atoms with Crippen molar-refractivity contribution in [1.29, 1.82) is 0 Å². The van der Waals surface area contributed by atoms with Crippen LogP contribution in [0, 0.1) is 5.92 Å². The van der Waals surface area contributed by atoms with Crippen LogP contribution in [-0.4, -0.2) is 33.9 Å². The molecule has 0 bridgehead atoms. The minimum Gasteiger partial charge on any atom is -0.325 e. The summed E-state index contributed by atoms with van der Waals surface area (Å²) in [6.45, 7) is 9.13. The lowest BCUT2D eigenvalue weighted by Gasteiger charge is -2.34. The first-order valence-electron chi connectivity index (χ1n) is 9.08. The highest BCUT2D eigenvalue weighted by Gasteiger charge is 2.49. The normalized spacial score (nSPS) is 26.9. The molecule has 0 aromatic heterocycles. The van der Waals surface area contributed by atoms with E-state index in [0.29, 0.717) is 0 Å². The Hall–Kier alpha value is -0.593. The van der Waals surface area contributed by atoms with Gasteiger partial charge in [-0.15, -0.1) is 11.8 Å². The van der Waals surface area contributed by atoms with Crippen LogP contribution in [0.2, 0.25) is 18.6 Å². The minimum atomic E-state index is -1.45. The average Bonchev–Trinajstić information content (AvgIpc) is 3.10. The Bertz CT molecular complexity index is 588. The van der Waals surface area contributed by atoms with E-state index in [2.05, 4.69) is 77.7 Å². The lowest BCUT2D eigenvalue weighted by molar-refractivity contribution is 0.610. The van der Waals surface area contributed by atoms with Crippen LogP contribution >= 0.6 is 11.8 Å². The quantitative estimate of drug-likeness (QED) is 0.392. The molecule has 0 radical (unpaired) electrons. The Kier molecular flexibility index (Phi) is 5.88. The maximum absolute atomic E-state index is 3.87. The van der Waals surface area contributed by atoms with Crippen LogP contribution < -0.4 is 15.6 Å². The summed E-state index contributed by atoms with van der Waals surface area (Å²) in [5.74, 6) is 0.751. The van der Waals surface area contributed by atoms with E-state index in [1.54, 1.807) is 10.5 Å². The van der Waals surface area contributed by atoms with E-state index in [1.165, 1.54) is 18.4 Å². The molecule has 3 rings (SSSR count). The van der Waals surface area contributed by atoms with Gasteiger partial charge in [0, 0.05) is 18.6 Å². The molecule has 1 saturated carbocycles. The molecule has 3 unspecified atom stereocenters. The molecule has 5 heteroatoms. The molecular formula is C19H31N3SSi. The number of benzene rings is 1. The predicted molar refractivity (Wildman–Crippen MR) is 109 cm³/mol. The summed E-state index contributed by atoms with van der Waals surface area (Å²) in [7, 11) is 0.524. The largest absolute Gasteiger partial charge is 0.325 e. The molecule has 0 amide bonds. The van der Waals surface area contributed by atoms with Gasteiger partial charge in [0.05, 0.1) is 0 Å². The maximum atomic E-state index is 3.87. The van der Waals surface area contributed by atoms with Gasteiger partial charge in [-0.1, -0.05) is 43.4 Å². The fourth-order valence-corrected chi connectivity index (χ4v) is 9.94. The van der Waals surface area contributed by atoms with Gasteiger partial charge in [-0.2, -0.15) is 0 Å². The smallest absolute Gasteiger partial charge is 0.124 e. The lowest BCUT2D eigenvalue weighted by atomic mass is 9.91. The van der Waals surface area contributed by atoms with Crippen LogP contribution in [0.25, 0.3) is 5.57 Å². The van der Waals surface area contributed by atoms with Crippen molar-refractivity contribution in [3.05, 3.63) is 40.8 Å². The third-order valence-electron chi connectivity index (χ3n) is 5.63. The zero-order valence-electron chi connectivity index (χ0n) is 15.4. The van der Waals surface area contributed by atoms with Crippen molar-refractivity contribution in [2.45, 2.75) is 43.7 Å². The third kappa shape index (κ3) is 3.65. The summed E-state index contributed by atoms with van der Waals surface area (Å²) in [6.07, 6.45) is 2.73. The molecule has 0 saturated heterocycles. The van der Waals surface area contributed by atoms with Crippen LogP contribution in [0.5, 0.6) is 0 Å². The molecule has 3 atom stereocenters. The van der Waals surface area contributed by atoms with Gasteiger partial charge in [-0.05, 0) is 54.3 Å². The topological polar surface area (TPSA) is 36.1 Å². The molecule has 24 heavy (non-hydrogen) atoms. The van der Waals surface area contributed by atoms with Gasteiger partial charge in [0.2, 0.25) is 0 Å². The van der Waals surface area contributed by atoms with Crippen LogP contribution in [0.15, 0.2) is 35.2 Å². The highest BCUT2D eigenvalue weighted by Crippen LogP contribution is 2.59. The highest BCUT2D eigenvalue weighted by molar-refractivity contribution is 8.04. The Morgan fingerprint density at radius 3 is 2.58 bits per heavy atom. The van der Waals surface area contributed by atoms with Crippen LogP contribution in [0.3, 0.4) is 0 Å². The number of fused-ring (bicyclic) bond motifs is 1. The van der Waals surface area contributed by atoms with E-state index >= 15 is 0 Å². The van der Waals surface area contributed by atoms with Gasteiger partial charge in [-0.3, -0.25) is 5.32 Å². The second kappa shape index (κ2) is 7.75. The summed E-state index contributed by atoms with van der Waals surface area (Å²) in [4.78, 5) is 5.43. The van der Waals surface area contributed by atoms with Gasteiger partial charge >= 0.3 is 0 Å². The van der Waals surface area contributed by atoms with Crippen molar-refractivity contribution in [3.63, 3.8) is 0 Å². The zero-order valence-corrected chi connectivity index (χ0v) is 17.2. The lowest BCUT2D eigenvalue weighted by Crippen LogP contribution is -2.54. The Morgan fingerprint density at radius 2 is 1.88 bits per heavy atom. The van der Waals surface area contributed by atoms with Crippen molar-refractivity contribution in [2.24, 2.45) is 5.92 Å². The van der Waals surface area contributed by atoms with Gasteiger partial charge in [0.25, 0.3) is 0 Å². The van der Waals surface area contributed by atoms with E-state index in [-0.39, 0.29) is 0 Å². The SMILES string of the molecule is CNCNCN[Si](C)(C)C1CCC2C(c3ccccc3)=C(C)SC21. The van der Waals surface area contributed by atoms with Crippen molar-refractivity contribution in [1.82, 2.24) is 15.6 Å². The van der Waals surface area contributed by atoms with Crippen molar-refractivity contribution in [2.75, 3.05) is 20.4 Å². The van der Waals surface area contributed by atoms with Crippen LogP contribution in [-0.2, 0) is 0 Å². The molecule has 3 N–H and O–H groups in total. The Balaban J connectivity index is 1.70. The van der Waals surface area contributed by atoms with Crippen LogP contribution in [0.1, 0.15) is 25.3 Å². The maximum Gasteiger partial charge on any atom is 0.124 e. The summed E-state index contributed by atoms with van der Waals surface area (Å²) in [6, 6.07) is 11.0. The second-order valence-corrected chi connectivity index (χ2v) is 13.5. The number of thioether (sulfide) groups is 1. The second-order valence-electron chi connectivity index (χ2n) is 7.56. The van der Waals surface area contributed by atoms with E-state index < -0.39 is 8.24 Å². The van der Waals surface area contributed by atoms with Gasteiger partial charge in [0.15, 0.2) is 0 Å². The summed E-state index contributed by atoms with van der Waals surface area (Å²) in [5.41, 5.74) is 3.92. The molecule has 1 heterocycles. The zero-order chi connectivity index (χ0) is 17.2. The first-order valence-corrected chi connectivity index (χ1v) is 13.0. The van der Waals surface area contributed by atoms with E-state index in [4.69, 9.17) is 0 Å². The van der Waals surface area contributed by atoms with Gasteiger partial charge in [-0.25, -0.2) is 0 Å². The van der Waals surface area contributed by atoms with Crippen molar-refractivity contribution in [3.8, 4) is 0 Å². The van der Waals surface area contributed by atoms with Crippen molar-refractivity contribution < 1.29 is 0 Å². The third-order valence-corrected chi connectivity index (χ3v) is 11.0. The molecule has 0 spiro atoms. The first-order chi connectivity index (χ1) is 11.5. The first kappa shape index (κ1) is 18.2. The molecule has 132 valence electrons. The fourth-order valence-electron chi connectivity index (χ4n) is 4.39. The monoisotopic (exact) mass is 361 g/mol. The number of nitrogens with one attached hydrogen (secondary N) is 3. The van der Waals surface area contributed by atoms with Crippen LogP contribution in [0.4, 0.5) is 0 Å². The number of hydrogen-bond donors (Lipinski definition) is 3. The van der Waals surface area contributed by atoms with E-state index in [0.717, 1.165) is 30.0 Å². The van der Waals surface area contributed by atoms with Crippen molar-refractivity contribution >= 4 is 25.6 Å². The molecule has 1 aromatic carbocycles. The molecule has 2 aliphatic rings. The van der Waals surface area contributed by atoms with E-state index in [9.17, 15) is 0 Å².